The molecule has 0 saturated heterocycles. The van der Waals surface area contributed by atoms with Crippen LogP contribution in [-0.4, -0.2) is 22.8 Å². The predicted octanol–water partition coefficient (Wildman–Crippen LogP) is 6.61. The summed E-state index contributed by atoms with van der Waals surface area (Å²) < 4.78 is 22.2. The third-order valence-corrected chi connectivity index (χ3v) is 6.52. The molecule has 29 heavy (non-hydrogen) atoms. The van der Waals surface area contributed by atoms with Gasteiger partial charge >= 0.3 is 0 Å². The number of anilines is 1. The second-order valence-electron chi connectivity index (χ2n) is 7.49. The van der Waals surface area contributed by atoms with Gasteiger partial charge in [0.1, 0.15) is 23.0 Å². The highest BCUT2D eigenvalue weighted by Gasteiger charge is 2.26. The fraction of sp³-hybridized carbons (Fsp3) is 0.261. The van der Waals surface area contributed by atoms with Gasteiger partial charge in [-0.25, -0.2) is 9.37 Å². The van der Waals surface area contributed by atoms with Crippen molar-refractivity contribution in [1.29, 1.82) is 0 Å². The van der Waals surface area contributed by atoms with Gasteiger partial charge in [0.15, 0.2) is 0 Å². The minimum absolute atomic E-state index is 0.263. The lowest BCUT2D eigenvalue weighted by atomic mass is 9.93. The van der Waals surface area contributed by atoms with E-state index in [0.717, 1.165) is 40.9 Å². The normalized spacial score (nSPS) is 16.8. The largest absolute Gasteiger partial charge is 0.455 e. The molecule has 4 nitrogen and oxygen atoms in total. The van der Waals surface area contributed by atoms with Crippen molar-refractivity contribution in [3.8, 4) is 22.7 Å². The summed E-state index contributed by atoms with van der Waals surface area (Å²) in [4.78, 5) is 7.71. The zero-order chi connectivity index (χ0) is 20.0. The van der Waals surface area contributed by atoms with Crippen LogP contribution < -0.4 is 4.31 Å². The molecule has 4 aromatic rings. The first-order valence-corrected chi connectivity index (χ1v) is 11.0. The Balaban J connectivity index is 1.80. The molecule has 2 aromatic carbocycles. The molecular formula is C23H22FN3OS. The molecule has 1 atom stereocenters. The number of benzene rings is 2. The van der Waals surface area contributed by atoms with Crippen LogP contribution in [0.2, 0.25) is 0 Å². The van der Waals surface area contributed by atoms with Gasteiger partial charge in [-0.1, -0.05) is 18.9 Å². The third kappa shape index (κ3) is 3.12. The number of hydrogen-bond donors (Lipinski definition) is 1. The van der Waals surface area contributed by atoms with Crippen molar-refractivity contribution in [2.75, 3.05) is 17.1 Å². The van der Waals surface area contributed by atoms with Crippen LogP contribution in [0.3, 0.4) is 0 Å². The number of fused-ring (bicyclic) bond motifs is 2. The molecule has 0 spiro atoms. The summed E-state index contributed by atoms with van der Waals surface area (Å²) in [6.07, 6.45) is 8.00. The number of aromatic amines is 1. The number of furan rings is 1. The minimum Gasteiger partial charge on any atom is -0.455 e. The fourth-order valence-electron chi connectivity index (χ4n) is 4.21. The van der Waals surface area contributed by atoms with Crippen molar-refractivity contribution in [3.05, 3.63) is 60.2 Å². The summed E-state index contributed by atoms with van der Waals surface area (Å²) in [6.45, 7) is 3.32. The van der Waals surface area contributed by atoms with E-state index >= 15 is 0 Å². The number of imidazole rings is 1. The van der Waals surface area contributed by atoms with E-state index < -0.39 is 0 Å². The van der Waals surface area contributed by atoms with E-state index in [0.29, 0.717) is 11.7 Å². The Bertz CT molecular complexity index is 1150. The Morgan fingerprint density at radius 1 is 1.24 bits per heavy atom. The number of H-pyrrole nitrogens is 1. The van der Waals surface area contributed by atoms with Crippen LogP contribution in [0.5, 0.6) is 0 Å². The first kappa shape index (κ1) is 18.3. The van der Waals surface area contributed by atoms with Crippen molar-refractivity contribution < 1.29 is 8.81 Å². The summed E-state index contributed by atoms with van der Waals surface area (Å²) in [5.41, 5.74) is 5.14. The summed E-state index contributed by atoms with van der Waals surface area (Å²) >= 11 is 1.75. The highest BCUT2D eigenvalue weighted by molar-refractivity contribution is 7.99. The predicted molar refractivity (Wildman–Crippen MR) is 118 cm³/mol. The maximum atomic E-state index is 13.5. The summed E-state index contributed by atoms with van der Waals surface area (Å²) in [7, 11) is 0. The standard InChI is InChI=1S/C23H22FN3OS/c1-14-4-3-11-27(29-2)19-13-20-18(12-17(14)19)21(23-25-9-10-26-23)22(28-20)15-5-7-16(24)8-6-15/h5-10,12-14H,3-4,11H2,1-2H3,(H,25,26). The van der Waals surface area contributed by atoms with Crippen molar-refractivity contribution in [2.24, 2.45) is 0 Å². The molecule has 5 rings (SSSR count). The van der Waals surface area contributed by atoms with Crippen LogP contribution in [0.15, 0.2) is 53.2 Å². The molecule has 2 aromatic heterocycles. The molecule has 3 heterocycles. The van der Waals surface area contributed by atoms with E-state index in [9.17, 15) is 4.39 Å². The number of nitrogens with one attached hydrogen (secondary N) is 1. The van der Waals surface area contributed by atoms with Gasteiger partial charge in [0.05, 0.1) is 11.3 Å². The van der Waals surface area contributed by atoms with Crippen LogP contribution in [0.25, 0.3) is 33.7 Å². The average Bonchev–Trinajstić information content (AvgIpc) is 3.34. The molecule has 1 aliphatic heterocycles. The molecule has 0 bridgehead atoms. The zero-order valence-electron chi connectivity index (χ0n) is 16.4. The Hall–Kier alpha value is -2.73. The van der Waals surface area contributed by atoms with E-state index in [1.807, 2.05) is 6.20 Å². The van der Waals surface area contributed by atoms with Crippen LogP contribution in [0, 0.1) is 5.82 Å². The summed E-state index contributed by atoms with van der Waals surface area (Å²) in [6, 6.07) is 10.8. The van der Waals surface area contributed by atoms with E-state index in [1.165, 1.54) is 29.8 Å². The Morgan fingerprint density at radius 2 is 2.07 bits per heavy atom. The molecule has 1 unspecified atom stereocenters. The van der Waals surface area contributed by atoms with Gasteiger partial charge in [-0.15, -0.1) is 0 Å². The summed E-state index contributed by atoms with van der Waals surface area (Å²) in [5.74, 6) is 1.67. The van der Waals surface area contributed by atoms with Gasteiger partial charge in [0, 0.05) is 42.2 Å². The highest BCUT2D eigenvalue weighted by atomic mass is 32.2. The molecule has 0 amide bonds. The molecule has 0 saturated carbocycles. The fourth-order valence-corrected chi connectivity index (χ4v) is 4.87. The number of halogens is 1. The maximum absolute atomic E-state index is 13.5. The van der Waals surface area contributed by atoms with Crippen LogP contribution in [0.4, 0.5) is 10.1 Å². The first-order chi connectivity index (χ1) is 14.2. The molecule has 0 aliphatic carbocycles. The van der Waals surface area contributed by atoms with Crippen molar-refractivity contribution in [3.63, 3.8) is 0 Å². The molecule has 0 fully saturated rings. The highest BCUT2D eigenvalue weighted by Crippen LogP contribution is 2.45. The van der Waals surface area contributed by atoms with E-state index in [1.54, 1.807) is 30.3 Å². The van der Waals surface area contributed by atoms with Gasteiger partial charge in [-0.3, -0.25) is 0 Å². The smallest absolute Gasteiger partial charge is 0.146 e. The van der Waals surface area contributed by atoms with Crippen molar-refractivity contribution in [1.82, 2.24) is 9.97 Å². The van der Waals surface area contributed by atoms with Crippen molar-refractivity contribution in [2.45, 2.75) is 25.7 Å². The van der Waals surface area contributed by atoms with Crippen LogP contribution in [0.1, 0.15) is 31.2 Å². The molecule has 1 N–H and O–H groups in total. The molecule has 6 heteroatoms. The van der Waals surface area contributed by atoms with Gasteiger partial charge < -0.3 is 13.7 Å². The molecule has 1 aliphatic rings. The first-order valence-electron chi connectivity index (χ1n) is 9.83. The van der Waals surface area contributed by atoms with E-state index in [4.69, 9.17) is 4.42 Å². The molecular weight excluding hydrogens is 385 g/mol. The minimum atomic E-state index is -0.263. The van der Waals surface area contributed by atoms with Gasteiger partial charge in [-0.05, 0) is 54.7 Å². The second kappa shape index (κ2) is 7.26. The number of aromatic nitrogens is 2. The van der Waals surface area contributed by atoms with Crippen LogP contribution in [-0.2, 0) is 0 Å². The Labute approximate surface area is 173 Å². The molecule has 148 valence electrons. The lowest BCUT2D eigenvalue weighted by molar-refractivity contribution is 0.623. The van der Waals surface area contributed by atoms with Gasteiger partial charge in [-0.2, -0.15) is 0 Å². The molecule has 0 radical (unpaired) electrons. The maximum Gasteiger partial charge on any atom is 0.146 e. The SMILES string of the molecule is CSN1CCCC(C)c2cc3c(-c4ncc[nH]4)c(-c4ccc(F)cc4)oc3cc21. The van der Waals surface area contributed by atoms with Crippen LogP contribution >= 0.6 is 11.9 Å². The quantitative estimate of drug-likeness (QED) is 0.388. The average molecular weight is 408 g/mol. The van der Waals surface area contributed by atoms with E-state index in [-0.39, 0.29) is 5.82 Å². The number of rotatable bonds is 3. The Kier molecular flexibility index (Phi) is 4.59. The van der Waals surface area contributed by atoms with Gasteiger partial charge in [0.2, 0.25) is 0 Å². The van der Waals surface area contributed by atoms with Crippen molar-refractivity contribution >= 4 is 28.6 Å². The zero-order valence-corrected chi connectivity index (χ0v) is 17.2. The third-order valence-electron chi connectivity index (χ3n) is 5.70. The number of hydrogen-bond acceptors (Lipinski definition) is 4. The number of nitrogens with zero attached hydrogens (tertiary/aromatic N) is 2. The van der Waals surface area contributed by atoms with E-state index in [2.05, 4.69) is 39.6 Å². The lowest BCUT2D eigenvalue weighted by Crippen LogP contribution is -2.14. The Morgan fingerprint density at radius 3 is 2.79 bits per heavy atom. The summed E-state index contributed by atoms with van der Waals surface area (Å²) in [5, 5.41) is 1.04. The van der Waals surface area contributed by atoms with Gasteiger partial charge in [0.25, 0.3) is 0 Å². The second-order valence-corrected chi connectivity index (χ2v) is 8.29. The topological polar surface area (TPSA) is 45.1 Å². The monoisotopic (exact) mass is 407 g/mol. The lowest BCUT2D eigenvalue weighted by Gasteiger charge is -2.22.